The molecular formula is C43H43N5O5S. The van der Waals surface area contributed by atoms with Gasteiger partial charge in [-0.1, -0.05) is 43.4 Å². The van der Waals surface area contributed by atoms with Crippen LogP contribution in [0.2, 0.25) is 0 Å². The van der Waals surface area contributed by atoms with Crippen LogP contribution < -0.4 is 10.1 Å². The summed E-state index contributed by atoms with van der Waals surface area (Å²) in [4.78, 5) is 35.8. The van der Waals surface area contributed by atoms with Crippen molar-refractivity contribution < 1.29 is 24.2 Å². The number of benzene rings is 3. The first-order valence-corrected chi connectivity index (χ1v) is 19.2. The molecule has 2 N–H and O–H groups in total. The number of rotatable bonds is 9. The molecule has 4 aliphatic rings. The van der Waals surface area contributed by atoms with Crippen molar-refractivity contribution >= 4 is 49.3 Å². The third-order valence-corrected chi connectivity index (χ3v) is 13.3. The molecule has 1 amide bonds. The number of fused-ring (bicyclic) bond motifs is 2. The number of amides is 1. The van der Waals surface area contributed by atoms with E-state index in [1.165, 1.54) is 17.8 Å². The molecule has 0 aliphatic heterocycles. The number of nitrogens with one attached hydrogen (secondary N) is 1. The van der Waals surface area contributed by atoms with Gasteiger partial charge in [-0.15, -0.1) is 0 Å². The van der Waals surface area contributed by atoms with Crippen molar-refractivity contribution in [1.29, 1.82) is 0 Å². The molecule has 4 aliphatic carbocycles. The number of ether oxygens (including phenoxy) is 2. The average molecular weight is 742 g/mol. The number of hydrogen-bond acceptors (Lipinski definition) is 8. The van der Waals surface area contributed by atoms with E-state index in [1.54, 1.807) is 25.4 Å². The van der Waals surface area contributed by atoms with Crippen molar-refractivity contribution in [2.45, 2.75) is 71.4 Å². The highest BCUT2D eigenvalue weighted by atomic mass is 32.1. The summed E-state index contributed by atoms with van der Waals surface area (Å²) < 4.78 is 15.0. The van der Waals surface area contributed by atoms with E-state index < -0.39 is 5.97 Å². The summed E-state index contributed by atoms with van der Waals surface area (Å²) in [6, 6.07) is 20.5. The monoisotopic (exact) mass is 741 g/mol. The Kier molecular flexibility index (Phi) is 7.82. The van der Waals surface area contributed by atoms with Gasteiger partial charge in [0.15, 0.2) is 10.8 Å². The largest absolute Gasteiger partial charge is 0.496 e. The van der Waals surface area contributed by atoms with Crippen LogP contribution in [0.3, 0.4) is 0 Å². The summed E-state index contributed by atoms with van der Waals surface area (Å²) in [7, 11) is 3.47. The lowest BCUT2D eigenvalue weighted by Gasteiger charge is -2.69. The van der Waals surface area contributed by atoms with Gasteiger partial charge in [-0.2, -0.15) is 5.10 Å². The maximum Gasteiger partial charge on any atom is 0.355 e. The molecule has 2 atom stereocenters. The number of carbonyl (C=O) groups is 2. The number of para-hydroxylation sites is 1. The Balaban J connectivity index is 1.04. The molecule has 2 unspecified atom stereocenters. The second-order valence-corrected chi connectivity index (χ2v) is 17.8. The molecule has 3 heterocycles. The van der Waals surface area contributed by atoms with Crippen LogP contribution in [-0.2, 0) is 11.3 Å². The molecule has 3 aromatic carbocycles. The maximum absolute atomic E-state index is 13.7. The first kappa shape index (κ1) is 34.6. The van der Waals surface area contributed by atoms with E-state index >= 15 is 0 Å². The van der Waals surface area contributed by atoms with E-state index in [4.69, 9.17) is 19.6 Å². The Morgan fingerprint density at radius 1 is 0.889 bits per heavy atom. The van der Waals surface area contributed by atoms with Crippen LogP contribution in [0.5, 0.6) is 5.75 Å². The minimum Gasteiger partial charge on any atom is -0.496 e. The van der Waals surface area contributed by atoms with E-state index in [0.717, 1.165) is 65.5 Å². The molecule has 4 saturated carbocycles. The summed E-state index contributed by atoms with van der Waals surface area (Å²) >= 11 is 1.41. The van der Waals surface area contributed by atoms with Gasteiger partial charge >= 0.3 is 5.97 Å². The van der Waals surface area contributed by atoms with E-state index in [0.29, 0.717) is 38.7 Å². The number of thiazole rings is 1. The zero-order valence-electron chi connectivity index (χ0n) is 31.2. The molecule has 0 saturated heterocycles. The van der Waals surface area contributed by atoms with Crippen molar-refractivity contribution in [3.63, 3.8) is 0 Å². The normalized spacial score (nSPS) is 25.7. The Labute approximate surface area is 317 Å². The van der Waals surface area contributed by atoms with Crippen LogP contribution >= 0.6 is 11.3 Å². The van der Waals surface area contributed by atoms with Crippen molar-refractivity contribution in [3.05, 3.63) is 89.9 Å². The minimum absolute atomic E-state index is 0.0529. The molecule has 54 heavy (non-hydrogen) atoms. The number of aromatic nitrogens is 4. The van der Waals surface area contributed by atoms with Crippen LogP contribution in [0.1, 0.15) is 78.9 Å². The van der Waals surface area contributed by atoms with E-state index in [9.17, 15) is 14.7 Å². The molecule has 10 nitrogen and oxygen atoms in total. The molecule has 6 aromatic rings. The molecule has 0 radical (unpaired) electrons. The highest BCUT2D eigenvalue weighted by Gasteiger charge is 2.66. The standard InChI is InChI=1S/C43H43N5O5S/c1-25-31(17-44-48(25)24-42-19-40(2)18-41(3,20-42)22-43(21-40,23-42)53-5)28-12-14-32(45-36(28)38(50)51)26-10-11-27-30(16-26)29(13-15-34(27)52-4)37(49)47-39-46-33-8-6-7-9-35(33)54-39/h6-17H,18-24H2,1-5H3,(H,50,51)(H,46,47,49). The smallest absolute Gasteiger partial charge is 0.355 e. The Morgan fingerprint density at radius 2 is 1.67 bits per heavy atom. The van der Waals surface area contributed by atoms with Gasteiger partial charge in [-0.05, 0) is 116 Å². The van der Waals surface area contributed by atoms with E-state index in [2.05, 4.69) is 28.8 Å². The predicted octanol–water partition coefficient (Wildman–Crippen LogP) is 9.41. The quantitative estimate of drug-likeness (QED) is 0.150. The van der Waals surface area contributed by atoms with Crippen LogP contribution in [-0.4, -0.2) is 56.6 Å². The van der Waals surface area contributed by atoms with Gasteiger partial charge < -0.3 is 14.6 Å². The maximum atomic E-state index is 13.7. The first-order valence-electron chi connectivity index (χ1n) is 18.4. The fraction of sp³-hybridized carbons (Fsp3) is 0.372. The molecular weight excluding hydrogens is 699 g/mol. The molecule has 4 fully saturated rings. The SMILES string of the molecule is COc1ccc(C(=O)Nc2nc3ccccc3s2)c2cc(-c3ccc(-c4cnn(CC56CC7(C)CC(C)(C5)CC(OC)(C7)C6)c4C)c(C(=O)O)n3)ccc12. The fourth-order valence-electron chi connectivity index (χ4n) is 11.3. The molecule has 10 rings (SSSR count). The van der Waals surface area contributed by atoms with Gasteiger partial charge in [0, 0.05) is 47.0 Å². The number of aromatic carboxylic acids is 1. The van der Waals surface area contributed by atoms with Gasteiger partial charge in [-0.3, -0.25) is 14.8 Å². The number of carboxylic acids is 1. The van der Waals surface area contributed by atoms with E-state index in [-0.39, 0.29) is 33.4 Å². The Hall–Kier alpha value is -5.13. The third-order valence-electron chi connectivity index (χ3n) is 12.3. The zero-order chi connectivity index (χ0) is 37.6. The number of carboxylic acid groups (broad SMARTS) is 1. The Morgan fingerprint density at radius 3 is 2.39 bits per heavy atom. The molecule has 4 bridgehead atoms. The van der Waals surface area contributed by atoms with Gasteiger partial charge in [0.2, 0.25) is 0 Å². The second-order valence-electron chi connectivity index (χ2n) is 16.8. The van der Waals surface area contributed by atoms with Crippen molar-refractivity contribution in [1.82, 2.24) is 19.7 Å². The lowest BCUT2D eigenvalue weighted by molar-refractivity contribution is -0.239. The summed E-state index contributed by atoms with van der Waals surface area (Å²) in [5.41, 5.74) is 5.01. The second kappa shape index (κ2) is 12.2. The van der Waals surface area contributed by atoms with Gasteiger partial charge in [0.25, 0.3) is 5.91 Å². The minimum atomic E-state index is -1.12. The molecule has 3 aromatic heterocycles. The van der Waals surface area contributed by atoms with Crippen molar-refractivity contribution in [2.75, 3.05) is 19.5 Å². The highest BCUT2D eigenvalue weighted by molar-refractivity contribution is 7.22. The van der Waals surface area contributed by atoms with E-state index in [1.807, 2.05) is 68.6 Å². The number of nitrogens with zero attached hydrogens (tertiary/aromatic N) is 4. The number of hydrogen-bond donors (Lipinski definition) is 2. The summed E-state index contributed by atoms with van der Waals surface area (Å²) in [6.45, 7) is 7.67. The molecule has 276 valence electrons. The predicted molar refractivity (Wildman–Crippen MR) is 210 cm³/mol. The van der Waals surface area contributed by atoms with Crippen LogP contribution in [0.4, 0.5) is 5.13 Å². The average Bonchev–Trinajstić information content (AvgIpc) is 3.70. The number of carbonyl (C=O) groups excluding carboxylic acids is 1. The topological polar surface area (TPSA) is 128 Å². The number of pyridine rings is 1. The number of methoxy groups -OCH3 is 2. The Bertz CT molecular complexity index is 2470. The van der Waals surface area contributed by atoms with Gasteiger partial charge in [0.05, 0.1) is 34.8 Å². The zero-order valence-corrected chi connectivity index (χ0v) is 32.0. The summed E-state index contributed by atoms with van der Waals surface area (Å²) in [6.07, 6.45) is 8.56. The van der Waals surface area contributed by atoms with Crippen molar-refractivity contribution in [2.24, 2.45) is 16.2 Å². The summed E-state index contributed by atoms with van der Waals surface area (Å²) in [5, 5.41) is 20.2. The molecule has 0 spiro atoms. The van der Waals surface area contributed by atoms with Gasteiger partial charge in [-0.25, -0.2) is 14.8 Å². The third kappa shape index (κ3) is 5.67. The lowest BCUT2D eigenvalue weighted by atomic mass is 9.39. The highest BCUT2D eigenvalue weighted by Crippen LogP contribution is 2.72. The first-order chi connectivity index (χ1) is 25.8. The van der Waals surface area contributed by atoms with Crippen LogP contribution in [0.15, 0.2) is 72.9 Å². The lowest BCUT2D eigenvalue weighted by Crippen LogP contribution is -2.64. The summed E-state index contributed by atoms with van der Waals surface area (Å²) in [5.74, 6) is -0.819. The molecule has 11 heteroatoms. The number of anilines is 1. The van der Waals surface area contributed by atoms with Crippen LogP contribution in [0, 0.1) is 23.2 Å². The van der Waals surface area contributed by atoms with Crippen LogP contribution in [0.25, 0.3) is 43.4 Å². The van der Waals surface area contributed by atoms with Crippen molar-refractivity contribution in [3.8, 4) is 28.1 Å². The van der Waals surface area contributed by atoms with Gasteiger partial charge in [0.1, 0.15) is 5.75 Å². The fourth-order valence-corrected chi connectivity index (χ4v) is 12.2.